The third-order valence-electron chi connectivity index (χ3n) is 5.39. The van der Waals surface area contributed by atoms with Crippen molar-refractivity contribution in [1.82, 2.24) is 9.55 Å². The average molecular weight is 392 g/mol. The molecule has 0 bridgehead atoms. The maximum atomic E-state index is 13.0. The number of ether oxygens (including phenoxy) is 2. The van der Waals surface area contributed by atoms with Gasteiger partial charge in [0, 0.05) is 29.6 Å². The van der Waals surface area contributed by atoms with Gasteiger partial charge in [0.1, 0.15) is 11.5 Å². The lowest BCUT2D eigenvalue weighted by molar-refractivity contribution is 0.393. The van der Waals surface area contributed by atoms with Gasteiger partial charge in [0.2, 0.25) is 0 Å². The Hall–Kier alpha value is -2.89. The molecule has 1 saturated carbocycles. The van der Waals surface area contributed by atoms with E-state index in [0.29, 0.717) is 28.4 Å². The third-order valence-corrected chi connectivity index (χ3v) is 5.39. The van der Waals surface area contributed by atoms with E-state index in [9.17, 15) is 4.79 Å². The van der Waals surface area contributed by atoms with Gasteiger partial charge >= 0.3 is 0 Å². The van der Waals surface area contributed by atoms with E-state index in [1.807, 2.05) is 18.2 Å². The SMILES string of the molecule is [B]C([B])([B])n1cc(-c2cc(OC)c(C=C)c(OC)c2)c2cc(C3CC3)ncc2c1=O. The lowest BCUT2D eigenvalue weighted by atomic mass is 9.49. The molecule has 0 N–H and O–H groups in total. The zero-order valence-corrected chi connectivity index (χ0v) is 17.0. The van der Waals surface area contributed by atoms with Gasteiger partial charge in [0.15, 0.2) is 0 Å². The second-order valence-corrected chi connectivity index (χ2v) is 7.53. The quantitative estimate of drug-likeness (QED) is 0.606. The lowest BCUT2D eigenvalue weighted by Crippen LogP contribution is -2.42. The first-order valence-electron chi connectivity index (χ1n) is 9.59. The molecule has 5 nitrogen and oxygen atoms in total. The van der Waals surface area contributed by atoms with Gasteiger partial charge in [-0.15, -0.1) is 0 Å². The Bertz CT molecular complexity index is 1190. The molecule has 8 heteroatoms. The van der Waals surface area contributed by atoms with Crippen LogP contribution in [0.3, 0.4) is 0 Å². The van der Waals surface area contributed by atoms with Crippen LogP contribution in [0.1, 0.15) is 30.0 Å². The summed E-state index contributed by atoms with van der Waals surface area (Å²) in [5.74, 6) is 1.59. The van der Waals surface area contributed by atoms with Gasteiger partial charge < -0.3 is 14.0 Å². The van der Waals surface area contributed by atoms with Gasteiger partial charge in [0.25, 0.3) is 5.56 Å². The predicted molar refractivity (Wildman–Crippen MR) is 122 cm³/mol. The van der Waals surface area contributed by atoms with Gasteiger partial charge in [-0.05, 0) is 42.0 Å². The van der Waals surface area contributed by atoms with Crippen LogP contribution in [0.4, 0.5) is 0 Å². The summed E-state index contributed by atoms with van der Waals surface area (Å²) in [6, 6.07) is 5.66. The highest BCUT2D eigenvalue weighted by molar-refractivity contribution is 6.56. The predicted octanol–water partition coefficient (Wildman–Crippen LogP) is 2.67. The van der Waals surface area contributed by atoms with Crippen LogP contribution in [-0.4, -0.2) is 47.3 Å². The molecule has 1 aliphatic carbocycles. The maximum absolute atomic E-state index is 13.0. The second kappa shape index (κ2) is 7.42. The van der Waals surface area contributed by atoms with E-state index in [1.54, 1.807) is 32.7 Å². The first-order valence-corrected chi connectivity index (χ1v) is 9.59. The van der Waals surface area contributed by atoms with Crippen LogP contribution < -0.4 is 15.0 Å². The molecule has 0 saturated heterocycles. The number of nitrogens with zero attached hydrogens (tertiary/aromatic N) is 2. The van der Waals surface area contributed by atoms with Crippen LogP contribution >= 0.6 is 0 Å². The third kappa shape index (κ3) is 3.44. The minimum Gasteiger partial charge on any atom is -0.496 e. The molecular weight excluding hydrogens is 373 g/mol. The Morgan fingerprint density at radius 1 is 1.13 bits per heavy atom. The summed E-state index contributed by atoms with van der Waals surface area (Å²) in [6.45, 7) is 3.83. The number of pyridine rings is 2. The highest BCUT2D eigenvalue weighted by Crippen LogP contribution is 2.42. The van der Waals surface area contributed by atoms with Gasteiger partial charge in [-0.3, -0.25) is 9.78 Å². The van der Waals surface area contributed by atoms with Crippen molar-refractivity contribution in [2.75, 3.05) is 14.2 Å². The highest BCUT2D eigenvalue weighted by atomic mass is 16.5. The van der Waals surface area contributed by atoms with Crippen molar-refractivity contribution >= 4 is 40.4 Å². The summed E-state index contributed by atoms with van der Waals surface area (Å²) in [7, 11) is 20.8. The molecule has 2 heterocycles. The number of rotatable bonds is 6. The van der Waals surface area contributed by atoms with Gasteiger partial charge in [0.05, 0.1) is 48.7 Å². The standard InChI is InChI=1S/C22H19B3N2O3/c1-4-14-19(29-2)7-13(8-20(14)30-3)17-11-27(22(23,24)25)21(28)16-10-26-18(9-15(16)17)12-5-6-12/h4,7-12H,1,5-6H2,2-3H3. The Balaban J connectivity index is 2.08. The van der Waals surface area contributed by atoms with Crippen molar-refractivity contribution < 1.29 is 9.47 Å². The lowest BCUT2D eigenvalue weighted by Gasteiger charge is -2.26. The van der Waals surface area contributed by atoms with Crippen molar-refractivity contribution in [3.8, 4) is 22.6 Å². The minimum absolute atomic E-state index is 0.383. The number of aromatic nitrogens is 2. The molecule has 0 amide bonds. The zero-order valence-electron chi connectivity index (χ0n) is 17.0. The van der Waals surface area contributed by atoms with E-state index in [1.165, 1.54) is 0 Å². The molecule has 0 unspecified atom stereocenters. The molecule has 2 aromatic heterocycles. The topological polar surface area (TPSA) is 53.4 Å². The van der Waals surface area contributed by atoms with Crippen LogP contribution in [-0.2, 0) is 5.24 Å². The Kier molecular flexibility index (Phi) is 5.04. The average Bonchev–Trinajstić information content (AvgIpc) is 3.57. The van der Waals surface area contributed by atoms with Gasteiger partial charge in [-0.1, -0.05) is 17.9 Å². The van der Waals surface area contributed by atoms with E-state index in [4.69, 9.17) is 33.0 Å². The van der Waals surface area contributed by atoms with Crippen molar-refractivity contribution in [2.24, 2.45) is 0 Å². The smallest absolute Gasteiger partial charge is 0.258 e. The van der Waals surface area contributed by atoms with Crippen molar-refractivity contribution in [3.63, 3.8) is 0 Å². The van der Waals surface area contributed by atoms with Crippen LogP contribution in [0.2, 0.25) is 0 Å². The van der Waals surface area contributed by atoms with E-state index in [0.717, 1.165) is 39.6 Å². The summed E-state index contributed by atoms with van der Waals surface area (Å²) < 4.78 is 12.2. The molecule has 1 aromatic carbocycles. The van der Waals surface area contributed by atoms with Crippen LogP contribution in [0.5, 0.6) is 11.5 Å². The minimum atomic E-state index is -1.87. The molecule has 0 spiro atoms. The Labute approximate surface area is 179 Å². The van der Waals surface area contributed by atoms with Crippen LogP contribution in [0, 0.1) is 0 Å². The molecule has 3 aromatic rings. The number of hydrogen-bond donors (Lipinski definition) is 0. The summed E-state index contributed by atoms with van der Waals surface area (Å²) in [6.07, 6.45) is 7.00. The molecule has 1 aliphatic rings. The van der Waals surface area contributed by atoms with Gasteiger partial charge in [-0.25, -0.2) is 0 Å². The van der Waals surface area contributed by atoms with Crippen molar-refractivity contribution in [3.05, 3.63) is 58.8 Å². The first kappa shape index (κ1) is 20.4. The first-order chi connectivity index (χ1) is 14.3. The van der Waals surface area contributed by atoms with E-state index in [-0.39, 0.29) is 0 Å². The summed E-state index contributed by atoms with van der Waals surface area (Å²) >= 11 is 0. The molecule has 1 fully saturated rings. The van der Waals surface area contributed by atoms with E-state index in [2.05, 4.69) is 11.6 Å². The maximum Gasteiger partial charge on any atom is 0.258 e. The fourth-order valence-electron chi connectivity index (χ4n) is 3.67. The molecule has 30 heavy (non-hydrogen) atoms. The molecule has 6 radical (unpaired) electrons. The van der Waals surface area contributed by atoms with E-state index >= 15 is 0 Å². The fraction of sp³-hybridized carbons (Fsp3) is 0.273. The van der Waals surface area contributed by atoms with Crippen molar-refractivity contribution in [2.45, 2.75) is 24.0 Å². The second-order valence-electron chi connectivity index (χ2n) is 7.53. The highest BCUT2D eigenvalue weighted by Gasteiger charge is 2.26. The molecular formula is C22H19B3N2O3. The molecule has 0 atom stereocenters. The monoisotopic (exact) mass is 392 g/mol. The Morgan fingerprint density at radius 3 is 2.27 bits per heavy atom. The number of fused-ring (bicyclic) bond motifs is 1. The fourth-order valence-corrected chi connectivity index (χ4v) is 3.67. The summed E-state index contributed by atoms with van der Waals surface area (Å²) in [4.78, 5) is 17.5. The molecule has 0 aliphatic heterocycles. The number of methoxy groups -OCH3 is 2. The zero-order chi connectivity index (χ0) is 21.6. The normalized spacial score (nSPS) is 13.9. The van der Waals surface area contributed by atoms with Gasteiger partial charge in [-0.2, -0.15) is 0 Å². The van der Waals surface area contributed by atoms with E-state index < -0.39 is 10.8 Å². The van der Waals surface area contributed by atoms with Crippen LogP contribution in [0.25, 0.3) is 28.0 Å². The number of benzene rings is 1. The summed E-state index contributed by atoms with van der Waals surface area (Å²) in [5.41, 5.74) is 2.75. The van der Waals surface area contributed by atoms with Crippen molar-refractivity contribution in [1.29, 1.82) is 0 Å². The summed E-state index contributed by atoms with van der Waals surface area (Å²) in [5, 5.41) is -0.744. The molecule has 144 valence electrons. The molecule has 4 rings (SSSR count). The Morgan fingerprint density at radius 2 is 1.77 bits per heavy atom. The van der Waals surface area contributed by atoms with Crippen LogP contribution in [0.15, 0.2) is 42.0 Å². The largest absolute Gasteiger partial charge is 0.496 e. The number of hydrogen-bond acceptors (Lipinski definition) is 4.